The first-order valence-electron chi connectivity index (χ1n) is 8.07. The fourth-order valence-electron chi connectivity index (χ4n) is 2.36. The van der Waals surface area contributed by atoms with Crippen LogP contribution >= 0.6 is 0 Å². The molecule has 0 saturated heterocycles. The maximum atomic E-state index is 12.2. The van der Waals surface area contributed by atoms with Gasteiger partial charge in [0, 0.05) is 18.1 Å². The Morgan fingerprint density at radius 2 is 1.89 bits per heavy atom. The Morgan fingerprint density at radius 3 is 2.56 bits per heavy atom. The minimum absolute atomic E-state index is 0.266. The molecule has 0 saturated carbocycles. The number of amides is 1. The van der Waals surface area contributed by atoms with Gasteiger partial charge >= 0.3 is 0 Å². The van der Waals surface area contributed by atoms with Crippen LogP contribution in [0.1, 0.15) is 27.0 Å². The van der Waals surface area contributed by atoms with Crippen molar-refractivity contribution < 1.29 is 9.53 Å². The van der Waals surface area contributed by atoms with E-state index in [0.29, 0.717) is 28.1 Å². The highest BCUT2D eigenvalue weighted by atomic mass is 16.5. The summed E-state index contributed by atoms with van der Waals surface area (Å²) in [7, 11) is 0. The van der Waals surface area contributed by atoms with Crippen LogP contribution in [0.25, 0.3) is 0 Å². The van der Waals surface area contributed by atoms with E-state index in [1.54, 1.807) is 60.8 Å². The molecule has 0 unspecified atom stereocenters. The van der Waals surface area contributed by atoms with Crippen LogP contribution in [0.3, 0.4) is 0 Å². The number of nitrogens with one attached hydrogen (secondary N) is 1. The van der Waals surface area contributed by atoms with E-state index in [9.17, 15) is 10.1 Å². The van der Waals surface area contributed by atoms with E-state index in [4.69, 9.17) is 10.00 Å². The van der Waals surface area contributed by atoms with Crippen LogP contribution in [-0.4, -0.2) is 10.9 Å². The lowest BCUT2D eigenvalue weighted by Gasteiger charge is -2.10. The predicted octanol–water partition coefficient (Wildman–Crippen LogP) is 3.66. The number of rotatable bonds is 5. The highest BCUT2D eigenvalue weighted by molar-refractivity contribution is 6.04. The third kappa shape index (κ3) is 4.47. The topological polar surface area (TPSA) is 98.8 Å². The van der Waals surface area contributed by atoms with Crippen LogP contribution in [0.4, 0.5) is 5.69 Å². The number of hydrogen-bond donors (Lipinski definition) is 1. The van der Waals surface area contributed by atoms with Crippen LogP contribution in [0.2, 0.25) is 0 Å². The van der Waals surface area contributed by atoms with Crippen LogP contribution in [0.15, 0.2) is 67.0 Å². The molecule has 27 heavy (non-hydrogen) atoms. The quantitative estimate of drug-likeness (QED) is 0.754. The first-order valence-corrected chi connectivity index (χ1v) is 8.07. The number of carbonyl (C=O) groups is 1. The lowest BCUT2D eigenvalue weighted by molar-refractivity contribution is 0.102. The summed E-state index contributed by atoms with van der Waals surface area (Å²) in [5, 5.41) is 20.9. The molecule has 0 aliphatic carbocycles. The first-order chi connectivity index (χ1) is 13.2. The zero-order valence-corrected chi connectivity index (χ0v) is 14.2. The summed E-state index contributed by atoms with van der Waals surface area (Å²) in [6.45, 7) is 0.266. The lowest BCUT2D eigenvalue weighted by Crippen LogP contribution is -2.12. The molecule has 1 aromatic heterocycles. The smallest absolute Gasteiger partial charge is 0.257 e. The fraction of sp³-hybridized carbons (Fsp3) is 0.0476. The molecule has 3 rings (SSSR count). The summed E-state index contributed by atoms with van der Waals surface area (Å²) in [5.41, 5.74) is 2.69. The van der Waals surface area contributed by atoms with Crippen molar-refractivity contribution in [1.29, 1.82) is 10.5 Å². The monoisotopic (exact) mass is 354 g/mol. The van der Waals surface area contributed by atoms with Crippen molar-refractivity contribution in [1.82, 2.24) is 4.98 Å². The van der Waals surface area contributed by atoms with Crippen molar-refractivity contribution >= 4 is 11.6 Å². The molecular weight excluding hydrogens is 340 g/mol. The van der Waals surface area contributed by atoms with Gasteiger partial charge in [-0.05, 0) is 48.0 Å². The van der Waals surface area contributed by atoms with Crippen LogP contribution < -0.4 is 10.1 Å². The average molecular weight is 354 g/mol. The van der Waals surface area contributed by atoms with E-state index in [-0.39, 0.29) is 12.5 Å². The number of carbonyl (C=O) groups excluding carboxylic acids is 1. The van der Waals surface area contributed by atoms with Gasteiger partial charge in [0.05, 0.1) is 22.8 Å². The molecular formula is C21H14N4O2. The van der Waals surface area contributed by atoms with Gasteiger partial charge in [-0.2, -0.15) is 10.5 Å². The molecule has 0 aliphatic rings. The second-order valence-corrected chi connectivity index (χ2v) is 5.62. The minimum Gasteiger partial charge on any atom is -0.488 e. The first kappa shape index (κ1) is 17.7. The normalized spacial score (nSPS) is 9.70. The fourth-order valence-corrected chi connectivity index (χ4v) is 2.36. The van der Waals surface area contributed by atoms with Crippen molar-refractivity contribution in [2.24, 2.45) is 0 Å². The zero-order chi connectivity index (χ0) is 19.1. The second-order valence-electron chi connectivity index (χ2n) is 5.62. The Morgan fingerprint density at radius 1 is 1.07 bits per heavy atom. The Kier molecular flexibility index (Phi) is 5.42. The number of nitrogens with zero attached hydrogens (tertiary/aromatic N) is 3. The number of benzene rings is 2. The summed E-state index contributed by atoms with van der Waals surface area (Å²) in [6, 6.07) is 19.3. The minimum atomic E-state index is -0.307. The Bertz CT molecular complexity index is 1030. The Balaban J connectivity index is 1.69. The summed E-state index contributed by atoms with van der Waals surface area (Å²) in [5.74, 6) is 0.111. The summed E-state index contributed by atoms with van der Waals surface area (Å²) < 4.78 is 5.70. The van der Waals surface area contributed by atoms with E-state index in [2.05, 4.69) is 22.4 Å². The lowest BCUT2D eigenvalue weighted by atomic mass is 10.1. The number of anilines is 1. The average Bonchev–Trinajstić information content (AvgIpc) is 2.73. The van der Waals surface area contributed by atoms with Gasteiger partial charge in [-0.25, -0.2) is 0 Å². The largest absolute Gasteiger partial charge is 0.488 e. The Hall–Kier alpha value is -4.16. The van der Waals surface area contributed by atoms with Gasteiger partial charge in [-0.3, -0.25) is 9.78 Å². The van der Waals surface area contributed by atoms with Crippen molar-refractivity contribution in [2.75, 3.05) is 5.32 Å². The maximum Gasteiger partial charge on any atom is 0.257 e. The number of hydrogen-bond acceptors (Lipinski definition) is 5. The molecule has 0 radical (unpaired) electrons. The number of aromatic nitrogens is 1. The van der Waals surface area contributed by atoms with E-state index in [0.717, 1.165) is 5.56 Å². The van der Waals surface area contributed by atoms with Crippen LogP contribution in [0.5, 0.6) is 5.75 Å². The highest BCUT2D eigenvalue weighted by Gasteiger charge is 2.09. The van der Waals surface area contributed by atoms with Gasteiger partial charge in [0.2, 0.25) is 0 Å². The van der Waals surface area contributed by atoms with Gasteiger partial charge in [0.15, 0.2) is 0 Å². The molecule has 0 bridgehead atoms. The number of ether oxygens (including phenoxy) is 1. The molecule has 6 heteroatoms. The Labute approximate surface area is 156 Å². The SMILES string of the molecule is N#Cc1ccc(COc2ccc(NC(=O)c3cccnc3)cc2C#N)cc1. The maximum absolute atomic E-state index is 12.2. The van der Waals surface area contributed by atoms with Gasteiger partial charge < -0.3 is 10.1 Å². The molecule has 0 aliphatic heterocycles. The molecule has 2 aromatic carbocycles. The van der Waals surface area contributed by atoms with E-state index in [1.165, 1.54) is 6.20 Å². The number of nitriles is 2. The van der Waals surface area contributed by atoms with Crippen molar-refractivity contribution in [3.63, 3.8) is 0 Å². The summed E-state index contributed by atoms with van der Waals surface area (Å²) in [6.07, 6.45) is 3.06. The molecule has 0 fully saturated rings. The molecule has 0 spiro atoms. The molecule has 6 nitrogen and oxygen atoms in total. The highest BCUT2D eigenvalue weighted by Crippen LogP contribution is 2.23. The third-order valence-corrected chi connectivity index (χ3v) is 3.76. The van der Waals surface area contributed by atoms with Gasteiger partial charge in [0.25, 0.3) is 5.91 Å². The van der Waals surface area contributed by atoms with E-state index in [1.807, 2.05) is 0 Å². The van der Waals surface area contributed by atoms with Crippen molar-refractivity contribution in [2.45, 2.75) is 6.61 Å². The van der Waals surface area contributed by atoms with Crippen molar-refractivity contribution in [3.05, 3.63) is 89.2 Å². The molecule has 1 amide bonds. The van der Waals surface area contributed by atoms with Gasteiger partial charge in [-0.15, -0.1) is 0 Å². The third-order valence-electron chi connectivity index (χ3n) is 3.76. The van der Waals surface area contributed by atoms with Crippen LogP contribution in [-0.2, 0) is 6.61 Å². The van der Waals surface area contributed by atoms with E-state index < -0.39 is 0 Å². The standard InChI is InChI=1S/C21H14N4O2/c22-11-15-3-5-16(6-4-15)14-27-20-8-7-19(10-18(20)12-23)25-21(26)17-2-1-9-24-13-17/h1-10,13H,14H2,(H,25,26). The molecule has 1 N–H and O–H groups in total. The predicted molar refractivity (Wildman–Crippen MR) is 98.8 cm³/mol. The van der Waals surface area contributed by atoms with Gasteiger partial charge in [0.1, 0.15) is 18.4 Å². The molecule has 3 aromatic rings. The molecule has 1 heterocycles. The summed E-state index contributed by atoms with van der Waals surface area (Å²) in [4.78, 5) is 16.1. The summed E-state index contributed by atoms with van der Waals surface area (Å²) >= 11 is 0. The number of pyridine rings is 1. The second kappa shape index (κ2) is 8.28. The molecule has 130 valence electrons. The molecule has 0 atom stereocenters. The van der Waals surface area contributed by atoms with Gasteiger partial charge in [-0.1, -0.05) is 12.1 Å². The van der Waals surface area contributed by atoms with Crippen molar-refractivity contribution in [3.8, 4) is 17.9 Å². The van der Waals surface area contributed by atoms with Crippen LogP contribution in [0, 0.1) is 22.7 Å². The van der Waals surface area contributed by atoms with E-state index >= 15 is 0 Å². The zero-order valence-electron chi connectivity index (χ0n) is 14.2.